The number of rotatable bonds is 3. The molecule has 20 heavy (non-hydrogen) atoms. The van der Waals surface area contributed by atoms with Gasteiger partial charge in [0.1, 0.15) is 12.4 Å². The van der Waals surface area contributed by atoms with Crippen LogP contribution in [0.3, 0.4) is 0 Å². The van der Waals surface area contributed by atoms with Crippen LogP contribution in [0.2, 0.25) is 0 Å². The highest BCUT2D eigenvalue weighted by Crippen LogP contribution is 2.12. The molecule has 0 fully saturated rings. The summed E-state index contributed by atoms with van der Waals surface area (Å²) in [6.45, 7) is 0.970. The lowest BCUT2D eigenvalue weighted by Gasteiger charge is -2.03. The fourth-order valence-electron chi connectivity index (χ4n) is 1.65. The Kier molecular flexibility index (Phi) is 4.78. The van der Waals surface area contributed by atoms with Crippen LogP contribution in [-0.4, -0.2) is 13.2 Å². The molecule has 0 aliphatic heterocycles. The van der Waals surface area contributed by atoms with E-state index < -0.39 is 0 Å². The first-order valence-corrected chi connectivity index (χ1v) is 6.27. The summed E-state index contributed by atoms with van der Waals surface area (Å²) < 4.78 is 5.45. The van der Waals surface area contributed by atoms with Crippen LogP contribution in [0.5, 0.6) is 5.75 Å². The van der Waals surface area contributed by atoms with Gasteiger partial charge in [0.2, 0.25) is 0 Å². The van der Waals surface area contributed by atoms with Crippen LogP contribution in [0, 0.1) is 23.2 Å². The van der Waals surface area contributed by atoms with Gasteiger partial charge in [-0.1, -0.05) is 24.0 Å². The van der Waals surface area contributed by atoms with Gasteiger partial charge in [0, 0.05) is 17.7 Å². The van der Waals surface area contributed by atoms with E-state index in [-0.39, 0.29) is 0 Å². The highest BCUT2D eigenvalue weighted by Gasteiger charge is 1.94. The Morgan fingerprint density at radius 3 is 2.30 bits per heavy atom. The lowest BCUT2D eigenvalue weighted by Crippen LogP contribution is -2.10. The molecule has 3 heteroatoms. The molecule has 0 heterocycles. The molecule has 2 aromatic rings. The summed E-state index contributed by atoms with van der Waals surface area (Å²) in [5.74, 6) is 6.85. The summed E-state index contributed by atoms with van der Waals surface area (Å²) in [6.07, 6.45) is 0. The van der Waals surface area contributed by atoms with Crippen molar-refractivity contribution < 1.29 is 4.74 Å². The van der Waals surface area contributed by atoms with Crippen molar-refractivity contribution in [2.75, 3.05) is 13.2 Å². The molecule has 0 aliphatic carbocycles. The first-order valence-electron chi connectivity index (χ1n) is 6.27. The van der Waals surface area contributed by atoms with Gasteiger partial charge in [-0.15, -0.1) is 0 Å². The van der Waals surface area contributed by atoms with E-state index in [2.05, 4.69) is 17.9 Å². The molecular formula is C17H14N2O. The molecule has 0 radical (unpaired) electrons. The van der Waals surface area contributed by atoms with Crippen molar-refractivity contribution in [3.8, 4) is 23.7 Å². The van der Waals surface area contributed by atoms with Crippen LogP contribution in [0.25, 0.3) is 0 Å². The molecule has 2 aromatic carbocycles. The zero-order valence-electron chi connectivity index (χ0n) is 11.0. The second-order valence-corrected chi connectivity index (χ2v) is 4.11. The van der Waals surface area contributed by atoms with Crippen LogP contribution >= 0.6 is 0 Å². The van der Waals surface area contributed by atoms with E-state index in [0.717, 1.165) is 16.9 Å². The third-order valence-electron chi connectivity index (χ3n) is 2.56. The summed E-state index contributed by atoms with van der Waals surface area (Å²) in [7, 11) is 0. The Morgan fingerprint density at radius 1 is 0.950 bits per heavy atom. The average Bonchev–Trinajstić information content (AvgIpc) is 2.51. The Morgan fingerprint density at radius 2 is 1.60 bits per heavy atom. The maximum absolute atomic E-state index is 8.84. The molecule has 0 atom stereocenters. The third kappa shape index (κ3) is 3.88. The highest BCUT2D eigenvalue weighted by atomic mass is 16.5. The number of nitriles is 1. The Bertz CT molecular complexity index is 690. The van der Waals surface area contributed by atoms with Gasteiger partial charge in [-0.05, 0) is 36.4 Å². The summed E-state index contributed by atoms with van der Waals surface area (Å²) in [5.41, 5.74) is 7.69. The van der Waals surface area contributed by atoms with Crippen molar-refractivity contribution in [3.63, 3.8) is 0 Å². The second-order valence-electron chi connectivity index (χ2n) is 4.11. The van der Waals surface area contributed by atoms with Gasteiger partial charge in [-0.2, -0.15) is 5.26 Å². The number of hydrogen-bond donors (Lipinski definition) is 1. The van der Waals surface area contributed by atoms with E-state index in [9.17, 15) is 0 Å². The van der Waals surface area contributed by atoms with Gasteiger partial charge in [0.05, 0.1) is 11.6 Å². The minimum atomic E-state index is 0.483. The van der Waals surface area contributed by atoms with Gasteiger partial charge >= 0.3 is 0 Å². The minimum absolute atomic E-state index is 0.483. The number of nitrogens with zero attached hydrogens (tertiary/aromatic N) is 1. The topological polar surface area (TPSA) is 59.0 Å². The van der Waals surface area contributed by atoms with E-state index in [4.69, 9.17) is 15.7 Å². The van der Waals surface area contributed by atoms with Gasteiger partial charge in [0.25, 0.3) is 0 Å². The van der Waals surface area contributed by atoms with E-state index in [1.54, 1.807) is 12.1 Å². The Hall–Kier alpha value is -2.75. The largest absolute Gasteiger partial charge is 0.492 e. The molecule has 3 nitrogen and oxygen atoms in total. The van der Waals surface area contributed by atoms with Gasteiger partial charge < -0.3 is 10.5 Å². The van der Waals surface area contributed by atoms with Crippen molar-refractivity contribution in [1.82, 2.24) is 0 Å². The first kappa shape index (κ1) is 13.7. The molecule has 2 rings (SSSR count). The van der Waals surface area contributed by atoms with Crippen molar-refractivity contribution in [3.05, 3.63) is 65.2 Å². The maximum Gasteiger partial charge on any atom is 0.120 e. The van der Waals surface area contributed by atoms with Crippen LogP contribution in [0.15, 0.2) is 48.5 Å². The van der Waals surface area contributed by atoms with Gasteiger partial charge in [0.15, 0.2) is 0 Å². The van der Waals surface area contributed by atoms with Crippen LogP contribution < -0.4 is 10.5 Å². The predicted molar refractivity (Wildman–Crippen MR) is 78.1 cm³/mol. The van der Waals surface area contributed by atoms with Crippen LogP contribution in [0.4, 0.5) is 0 Å². The molecule has 0 amide bonds. The Balaban J connectivity index is 2.17. The number of ether oxygens (including phenoxy) is 1. The lowest BCUT2D eigenvalue weighted by molar-refractivity contribution is 0.328. The highest BCUT2D eigenvalue weighted by molar-refractivity contribution is 5.47. The Labute approximate surface area is 118 Å². The van der Waals surface area contributed by atoms with E-state index in [1.807, 2.05) is 36.4 Å². The number of benzene rings is 2. The van der Waals surface area contributed by atoms with Crippen LogP contribution in [0.1, 0.15) is 16.7 Å². The molecule has 0 unspecified atom stereocenters. The van der Waals surface area contributed by atoms with Crippen molar-refractivity contribution >= 4 is 0 Å². The molecule has 0 aromatic heterocycles. The molecule has 2 N–H and O–H groups in total. The zero-order valence-corrected chi connectivity index (χ0v) is 11.0. The SMILES string of the molecule is N#Cc1cccc(C#Cc2cccc(OCCN)c2)c1. The normalized spacial score (nSPS) is 9.20. The molecule has 0 spiro atoms. The van der Waals surface area contributed by atoms with Crippen molar-refractivity contribution in [2.45, 2.75) is 0 Å². The lowest BCUT2D eigenvalue weighted by atomic mass is 10.1. The fraction of sp³-hybridized carbons (Fsp3) is 0.118. The third-order valence-corrected chi connectivity index (χ3v) is 2.56. The molecule has 0 saturated heterocycles. The van der Waals surface area contributed by atoms with Gasteiger partial charge in [-0.25, -0.2) is 0 Å². The molecule has 0 bridgehead atoms. The smallest absolute Gasteiger partial charge is 0.120 e. The standard InChI is InChI=1S/C17H14N2O/c18-9-10-20-17-6-2-4-15(12-17)8-7-14-3-1-5-16(11-14)13-19/h1-6,11-12H,9-10,18H2. The molecule has 0 saturated carbocycles. The second kappa shape index (κ2) is 6.99. The predicted octanol–water partition coefficient (Wildman–Crippen LogP) is 2.30. The van der Waals surface area contributed by atoms with E-state index in [0.29, 0.717) is 18.7 Å². The van der Waals surface area contributed by atoms with Crippen LogP contribution in [-0.2, 0) is 0 Å². The van der Waals surface area contributed by atoms with E-state index in [1.165, 1.54) is 0 Å². The summed E-state index contributed by atoms with van der Waals surface area (Å²) >= 11 is 0. The van der Waals surface area contributed by atoms with Crippen molar-refractivity contribution in [2.24, 2.45) is 5.73 Å². The minimum Gasteiger partial charge on any atom is -0.492 e. The quantitative estimate of drug-likeness (QED) is 0.863. The fourth-order valence-corrected chi connectivity index (χ4v) is 1.65. The first-order chi connectivity index (χ1) is 9.81. The molecule has 0 aliphatic rings. The average molecular weight is 262 g/mol. The van der Waals surface area contributed by atoms with Crippen molar-refractivity contribution in [1.29, 1.82) is 5.26 Å². The summed E-state index contributed by atoms with van der Waals surface area (Å²) in [6, 6.07) is 16.9. The van der Waals surface area contributed by atoms with Gasteiger partial charge in [-0.3, -0.25) is 0 Å². The van der Waals surface area contributed by atoms with E-state index >= 15 is 0 Å². The summed E-state index contributed by atoms with van der Waals surface area (Å²) in [5, 5.41) is 8.84. The zero-order chi connectivity index (χ0) is 14.2. The molecule has 98 valence electrons. The maximum atomic E-state index is 8.84. The number of hydrogen-bond acceptors (Lipinski definition) is 3. The number of nitrogens with two attached hydrogens (primary N) is 1. The summed E-state index contributed by atoms with van der Waals surface area (Å²) in [4.78, 5) is 0. The molecular weight excluding hydrogens is 248 g/mol. The monoisotopic (exact) mass is 262 g/mol.